The lowest BCUT2D eigenvalue weighted by molar-refractivity contribution is -0.140. The number of hydrogen-bond donors (Lipinski definition) is 3. The quantitative estimate of drug-likeness (QED) is 0.202. The molecule has 0 aliphatic carbocycles. The van der Waals surface area contributed by atoms with E-state index in [4.69, 9.17) is 28.6 Å². The lowest BCUT2D eigenvalue weighted by Gasteiger charge is -2.12. The minimum atomic E-state index is -0.725. The molecule has 0 heterocycles. The average Bonchev–Trinajstić information content (AvgIpc) is 2.57. The maximum atomic E-state index is 12.2. The number of ether oxygens (including phenoxy) is 1. The molecule has 26 heavy (non-hydrogen) atoms. The summed E-state index contributed by atoms with van der Waals surface area (Å²) in [4.78, 5) is 26.2. The van der Waals surface area contributed by atoms with Crippen molar-refractivity contribution in [1.29, 1.82) is 0 Å². The van der Waals surface area contributed by atoms with Crippen LogP contribution in [-0.2, 0) is 14.3 Å². The molecule has 1 rings (SSSR count). The summed E-state index contributed by atoms with van der Waals surface area (Å²) in [7, 11) is 3.77. The van der Waals surface area contributed by atoms with Crippen LogP contribution in [0.1, 0.15) is 6.92 Å². The van der Waals surface area contributed by atoms with Crippen LogP contribution in [0.5, 0.6) is 0 Å². The summed E-state index contributed by atoms with van der Waals surface area (Å²) in [5, 5.41) is 9.13. The molecule has 7 nitrogen and oxygen atoms in total. The number of anilines is 1. The molecular formula is C17H23ClN4O3S. The third kappa shape index (κ3) is 8.28. The number of hydrogen-bond acceptors (Lipinski definition) is 5. The van der Waals surface area contributed by atoms with Gasteiger partial charge in [0.15, 0.2) is 5.11 Å². The van der Waals surface area contributed by atoms with Gasteiger partial charge in [-0.2, -0.15) is 0 Å². The second-order valence-corrected chi connectivity index (χ2v) is 6.29. The topological polar surface area (TPSA) is 82.7 Å². The van der Waals surface area contributed by atoms with E-state index in [2.05, 4.69) is 16.0 Å². The molecule has 1 aromatic rings. The summed E-state index contributed by atoms with van der Waals surface area (Å²) in [5.74, 6) is -1.26. The normalized spacial score (nSPS) is 11.0. The van der Waals surface area contributed by atoms with Gasteiger partial charge in [0.2, 0.25) is 0 Å². The molecular weight excluding hydrogens is 376 g/mol. The van der Waals surface area contributed by atoms with Crippen molar-refractivity contribution in [3.63, 3.8) is 0 Å². The second-order valence-electron chi connectivity index (χ2n) is 5.44. The fraction of sp³-hybridized carbons (Fsp3) is 0.353. The molecule has 1 amide bonds. The van der Waals surface area contributed by atoms with Crippen LogP contribution in [0.4, 0.5) is 5.69 Å². The Morgan fingerprint density at radius 1 is 1.27 bits per heavy atom. The fourth-order valence-corrected chi connectivity index (χ4v) is 2.06. The minimum absolute atomic E-state index is 0.161. The molecule has 1 aromatic carbocycles. The van der Waals surface area contributed by atoms with E-state index in [0.29, 0.717) is 23.8 Å². The Balaban J connectivity index is 2.72. The van der Waals surface area contributed by atoms with E-state index in [-0.39, 0.29) is 17.3 Å². The SMILES string of the molecule is CCOC(=O)C(=CNC(=S)Nc1ccc(Cl)cc1)C(=O)NCCN(C)C. The molecule has 3 N–H and O–H groups in total. The molecule has 0 saturated carbocycles. The summed E-state index contributed by atoms with van der Waals surface area (Å²) in [6.07, 6.45) is 1.23. The zero-order valence-corrected chi connectivity index (χ0v) is 16.5. The van der Waals surface area contributed by atoms with Crippen molar-refractivity contribution in [1.82, 2.24) is 15.5 Å². The predicted molar refractivity (Wildman–Crippen MR) is 107 cm³/mol. The monoisotopic (exact) mass is 398 g/mol. The van der Waals surface area contributed by atoms with Crippen LogP contribution in [0.15, 0.2) is 36.0 Å². The Labute approximate surface area is 163 Å². The molecule has 0 aliphatic heterocycles. The van der Waals surface area contributed by atoms with Crippen LogP contribution in [0, 0.1) is 0 Å². The highest BCUT2D eigenvalue weighted by molar-refractivity contribution is 7.80. The number of amides is 1. The van der Waals surface area contributed by atoms with Crippen molar-refractivity contribution in [3.8, 4) is 0 Å². The Morgan fingerprint density at radius 3 is 2.50 bits per heavy atom. The minimum Gasteiger partial charge on any atom is -0.462 e. The number of likely N-dealkylation sites (N-methyl/N-ethyl adjacent to an activating group) is 1. The number of benzene rings is 1. The summed E-state index contributed by atoms with van der Waals surface area (Å²) in [6.45, 7) is 2.87. The van der Waals surface area contributed by atoms with Gasteiger partial charge < -0.3 is 25.6 Å². The van der Waals surface area contributed by atoms with Gasteiger partial charge in [0.25, 0.3) is 5.91 Å². The lowest BCUT2D eigenvalue weighted by atomic mass is 10.2. The highest BCUT2D eigenvalue weighted by atomic mass is 35.5. The maximum absolute atomic E-state index is 12.2. The molecule has 0 spiro atoms. The van der Waals surface area contributed by atoms with Gasteiger partial charge >= 0.3 is 5.97 Å². The number of carbonyl (C=O) groups is 2. The number of thiocarbonyl (C=S) groups is 1. The van der Waals surface area contributed by atoms with E-state index in [0.717, 1.165) is 0 Å². The zero-order valence-electron chi connectivity index (χ0n) is 15.0. The number of halogens is 1. The first-order valence-corrected chi connectivity index (χ1v) is 8.75. The Kier molecular flexibility index (Phi) is 9.64. The number of nitrogens with one attached hydrogen (secondary N) is 3. The average molecular weight is 399 g/mol. The first-order chi connectivity index (χ1) is 12.3. The van der Waals surface area contributed by atoms with E-state index < -0.39 is 11.9 Å². The molecule has 0 saturated heterocycles. The zero-order chi connectivity index (χ0) is 19.5. The van der Waals surface area contributed by atoms with Crippen LogP contribution < -0.4 is 16.0 Å². The van der Waals surface area contributed by atoms with Crippen molar-refractivity contribution >= 4 is 46.5 Å². The third-order valence-corrected chi connectivity index (χ3v) is 3.51. The van der Waals surface area contributed by atoms with E-state index >= 15 is 0 Å². The molecule has 142 valence electrons. The van der Waals surface area contributed by atoms with Gasteiger partial charge in [0, 0.05) is 30.0 Å². The molecule has 0 aliphatic rings. The van der Waals surface area contributed by atoms with Crippen molar-refractivity contribution in [2.75, 3.05) is 39.1 Å². The highest BCUT2D eigenvalue weighted by Gasteiger charge is 2.19. The molecule has 0 radical (unpaired) electrons. The van der Waals surface area contributed by atoms with E-state index in [1.807, 2.05) is 19.0 Å². The number of rotatable bonds is 8. The summed E-state index contributed by atoms with van der Waals surface area (Å²) in [5.41, 5.74) is 0.555. The summed E-state index contributed by atoms with van der Waals surface area (Å²) in [6, 6.07) is 6.93. The number of carbonyl (C=O) groups excluding carboxylic acids is 2. The number of nitrogens with zero attached hydrogens (tertiary/aromatic N) is 1. The second kappa shape index (κ2) is 11.5. The first-order valence-electron chi connectivity index (χ1n) is 7.96. The highest BCUT2D eigenvalue weighted by Crippen LogP contribution is 2.13. The fourth-order valence-electron chi connectivity index (χ4n) is 1.75. The van der Waals surface area contributed by atoms with Gasteiger partial charge in [0.05, 0.1) is 6.61 Å². The van der Waals surface area contributed by atoms with Crippen LogP contribution in [0.25, 0.3) is 0 Å². The van der Waals surface area contributed by atoms with E-state index in [9.17, 15) is 9.59 Å². The van der Waals surface area contributed by atoms with E-state index in [1.54, 1.807) is 31.2 Å². The smallest absolute Gasteiger partial charge is 0.345 e. The van der Waals surface area contributed by atoms with Crippen molar-refractivity contribution < 1.29 is 14.3 Å². The molecule has 0 aromatic heterocycles. The van der Waals surface area contributed by atoms with Crippen molar-refractivity contribution in [2.24, 2.45) is 0 Å². The van der Waals surface area contributed by atoms with Crippen molar-refractivity contribution in [2.45, 2.75) is 6.92 Å². The van der Waals surface area contributed by atoms with Crippen LogP contribution in [-0.4, -0.2) is 55.7 Å². The van der Waals surface area contributed by atoms with Gasteiger partial charge in [-0.15, -0.1) is 0 Å². The van der Waals surface area contributed by atoms with E-state index in [1.165, 1.54) is 6.20 Å². The predicted octanol–water partition coefficient (Wildman–Crippen LogP) is 1.75. The lowest BCUT2D eigenvalue weighted by Crippen LogP contribution is -2.36. The Morgan fingerprint density at radius 2 is 1.92 bits per heavy atom. The largest absolute Gasteiger partial charge is 0.462 e. The first kappa shape index (κ1) is 21.9. The summed E-state index contributed by atoms with van der Waals surface area (Å²) >= 11 is 11.0. The van der Waals surface area contributed by atoms with Crippen molar-refractivity contribution in [3.05, 3.63) is 41.1 Å². The molecule has 0 bridgehead atoms. The van der Waals surface area contributed by atoms with Gasteiger partial charge in [0.1, 0.15) is 5.57 Å². The number of esters is 1. The van der Waals surface area contributed by atoms with Crippen LogP contribution in [0.3, 0.4) is 0 Å². The third-order valence-electron chi connectivity index (χ3n) is 3.03. The Hall–Kier alpha value is -2.16. The van der Waals surface area contributed by atoms with Gasteiger partial charge in [-0.05, 0) is 57.5 Å². The van der Waals surface area contributed by atoms with Gasteiger partial charge in [-0.25, -0.2) is 4.79 Å². The molecule has 9 heteroatoms. The standard InChI is InChI=1S/C17H23ClN4O3S/c1-4-25-16(24)14(15(23)19-9-10-22(2)3)11-20-17(26)21-13-7-5-12(18)6-8-13/h5-8,11H,4,9-10H2,1-3H3,(H,19,23)(H2,20,21,26). The molecule has 0 atom stereocenters. The van der Waals surface area contributed by atoms with Gasteiger partial charge in [-0.3, -0.25) is 4.79 Å². The molecule has 0 unspecified atom stereocenters. The van der Waals surface area contributed by atoms with Gasteiger partial charge in [-0.1, -0.05) is 11.6 Å². The Bertz CT molecular complexity index is 662. The van der Waals surface area contributed by atoms with Crippen LogP contribution in [0.2, 0.25) is 5.02 Å². The molecule has 0 fully saturated rings. The summed E-state index contributed by atoms with van der Waals surface area (Å²) < 4.78 is 4.92. The van der Waals surface area contributed by atoms with Crippen LogP contribution >= 0.6 is 23.8 Å². The maximum Gasteiger partial charge on any atom is 0.345 e.